The molecule has 0 radical (unpaired) electrons. The Morgan fingerprint density at radius 2 is 1.08 bits per heavy atom. The first kappa shape index (κ1) is 65.1. The van der Waals surface area contributed by atoms with Crippen LogP contribution in [0.5, 0.6) is 0 Å². The van der Waals surface area contributed by atoms with Crippen molar-refractivity contribution in [3.8, 4) is 0 Å². The topological polar surface area (TPSA) is 462 Å². The van der Waals surface area contributed by atoms with Crippen LogP contribution in [0.15, 0.2) is 35.3 Å². The van der Waals surface area contributed by atoms with Gasteiger partial charge in [0.25, 0.3) is 0 Å². The summed E-state index contributed by atoms with van der Waals surface area (Å²) in [5.74, 6) is -8.92. The molecular formula is C49H83N15O12. The standard InChI is InChI=1S/C49H83N15O12/c1-28(2)25-36(62-47(74)38(27-65)64-41(68)31-17-11-23-55-31)46(73)57-29(3)40(67)58-32(15-7-9-21-50)42(69)59-33(16-8-10-22-51)43(70)61-35(19-20-39(52)66)45(72)60-34(18-12-24-56-49(53)54)44(71)63-37(48(75)76)26-30-13-5-4-6-14-30/h4-6,13-14,28-29,31-38,55,65H,7-12,15-27,50-51H2,1-3H3,(H2,52,66)(H,57,73)(H,58,67)(H,59,69)(H,60,72)(H,61,70)(H,62,74)(H,63,71)(H,64,68)(H,75,76)(H4,53,54,56)/t29-,31-,32-,33-,34-,35-,36-,37-,38-/m0/s1. The fourth-order valence-corrected chi connectivity index (χ4v) is 8.02. The van der Waals surface area contributed by atoms with E-state index in [4.69, 9.17) is 28.7 Å². The van der Waals surface area contributed by atoms with Gasteiger partial charge in [-0.05, 0) is 115 Å². The van der Waals surface area contributed by atoms with Gasteiger partial charge >= 0.3 is 5.97 Å². The lowest BCUT2D eigenvalue weighted by atomic mass is 10.0. The summed E-state index contributed by atoms with van der Waals surface area (Å²) in [6.07, 6.45) is 2.16. The van der Waals surface area contributed by atoms with Crippen LogP contribution in [0.3, 0.4) is 0 Å². The zero-order valence-electron chi connectivity index (χ0n) is 43.9. The number of carboxylic acids is 1. The van der Waals surface area contributed by atoms with E-state index >= 15 is 0 Å². The molecule has 0 aliphatic carbocycles. The van der Waals surface area contributed by atoms with E-state index in [1.807, 2.05) is 0 Å². The number of nitrogens with two attached hydrogens (primary N) is 5. The van der Waals surface area contributed by atoms with Crippen LogP contribution in [0.2, 0.25) is 0 Å². The molecule has 1 aliphatic heterocycles. The lowest BCUT2D eigenvalue weighted by Crippen LogP contribution is -2.60. The van der Waals surface area contributed by atoms with Gasteiger partial charge in [-0.15, -0.1) is 0 Å². The molecule has 0 spiro atoms. The van der Waals surface area contributed by atoms with Crippen LogP contribution in [0.4, 0.5) is 0 Å². The van der Waals surface area contributed by atoms with Gasteiger partial charge in [-0.2, -0.15) is 0 Å². The molecule has 0 aromatic heterocycles. The zero-order valence-corrected chi connectivity index (χ0v) is 43.9. The fraction of sp³-hybridized carbons (Fsp3) is 0.653. The van der Waals surface area contributed by atoms with E-state index in [9.17, 15) is 58.2 Å². The highest BCUT2D eigenvalue weighted by Crippen LogP contribution is 2.12. The van der Waals surface area contributed by atoms with Crippen molar-refractivity contribution in [1.82, 2.24) is 47.9 Å². The molecular weight excluding hydrogens is 991 g/mol. The average Bonchev–Trinajstić information content (AvgIpc) is 3.92. The number of hydrogen-bond acceptors (Lipinski definition) is 15. The van der Waals surface area contributed by atoms with E-state index in [0.29, 0.717) is 44.2 Å². The molecule has 27 nitrogen and oxygen atoms in total. The van der Waals surface area contributed by atoms with E-state index in [-0.39, 0.29) is 76.5 Å². The quantitative estimate of drug-likeness (QED) is 0.0170. The highest BCUT2D eigenvalue weighted by Gasteiger charge is 2.35. The Labute approximate surface area is 443 Å². The summed E-state index contributed by atoms with van der Waals surface area (Å²) < 4.78 is 0. The number of carbonyl (C=O) groups excluding carboxylic acids is 9. The van der Waals surface area contributed by atoms with E-state index in [1.54, 1.807) is 44.2 Å². The van der Waals surface area contributed by atoms with E-state index in [1.165, 1.54) is 6.92 Å². The molecule has 0 saturated carbocycles. The zero-order chi connectivity index (χ0) is 56.7. The molecule has 1 fully saturated rings. The van der Waals surface area contributed by atoms with Crippen molar-refractivity contribution < 1.29 is 58.2 Å². The van der Waals surface area contributed by atoms with E-state index in [2.05, 4.69) is 52.8 Å². The van der Waals surface area contributed by atoms with Crippen LogP contribution < -0.4 is 76.5 Å². The summed E-state index contributed by atoms with van der Waals surface area (Å²) >= 11 is 0. The van der Waals surface area contributed by atoms with Crippen LogP contribution in [0.25, 0.3) is 0 Å². The predicted molar refractivity (Wildman–Crippen MR) is 281 cm³/mol. The number of nitrogens with one attached hydrogen (secondary N) is 9. The van der Waals surface area contributed by atoms with Crippen molar-refractivity contribution in [3.63, 3.8) is 0 Å². The van der Waals surface area contributed by atoms with Crippen molar-refractivity contribution >= 4 is 65.1 Å². The third-order valence-electron chi connectivity index (χ3n) is 12.2. The summed E-state index contributed by atoms with van der Waals surface area (Å²) in [6, 6.07) is -2.83. The van der Waals surface area contributed by atoms with Gasteiger partial charge in [-0.25, -0.2) is 4.79 Å². The normalized spacial score (nSPS) is 16.2. The molecule has 0 bridgehead atoms. The number of aliphatic carboxylic acids is 1. The molecule has 27 heteroatoms. The predicted octanol–water partition coefficient (Wildman–Crippen LogP) is -4.42. The minimum Gasteiger partial charge on any atom is -0.480 e. The Morgan fingerprint density at radius 3 is 1.54 bits per heavy atom. The van der Waals surface area contributed by atoms with Gasteiger partial charge in [0.05, 0.1) is 12.6 Å². The van der Waals surface area contributed by atoms with E-state index in [0.717, 1.165) is 6.42 Å². The van der Waals surface area contributed by atoms with Crippen molar-refractivity contribution in [3.05, 3.63) is 35.9 Å². The second-order valence-corrected chi connectivity index (χ2v) is 19.2. The molecule has 1 aromatic rings. The fourth-order valence-electron chi connectivity index (χ4n) is 8.02. The van der Waals surface area contributed by atoms with Crippen LogP contribution in [0, 0.1) is 5.92 Å². The number of aliphatic hydroxyl groups excluding tert-OH is 1. The SMILES string of the molecule is CC(C)C[C@H](NC(=O)[C@H](CO)NC(=O)[C@@H]1CCCN1)C(=O)N[C@@H](C)C(=O)N[C@@H](CCCCN)C(=O)N[C@@H](CCCCN)C(=O)N[C@@H](CCC(N)=O)C(=O)N[C@@H](CCCN=C(N)N)C(=O)N[C@@H](Cc1ccccc1)C(=O)O. The Hall–Kier alpha value is -6.97. The number of carbonyl (C=O) groups is 10. The largest absolute Gasteiger partial charge is 0.480 e. The number of primary amides is 1. The first-order valence-electron chi connectivity index (χ1n) is 25.9. The Kier molecular flexibility index (Phi) is 30.3. The summed E-state index contributed by atoms with van der Waals surface area (Å²) in [5, 5.41) is 43.5. The maximum absolute atomic E-state index is 14.2. The summed E-state index contributed by atoms with van der Waals surface area (Å²) in [6.45, 7) is 5.36. The molecule has 9 amide bonds. The molecule has 1 saturated heterocycles. The second kappa shape index (κ2) is 35.3. The number of unbranched alkanes of at least 4 members (excludes halogenated alkanes) is 2. The molecule has 0 unspecified atom stereocenters. The first-order valence-corrected chi connectivity index (χ1v) is 25.9. The molecule has 21 N–H and O–H groups in total. The maximum atomic E-state index is 14.2. The summed E-state index contributed by atoms with van der Waals surface area (Å²) in [7, 11) is 0. The highest BCUT2D eigenvalue weighted by molar-refractivity contribution is 5.98. The lowest BCUT2D eigenvalue weighted by Gasteiger charge is -2.28. The number of amides is 9. The molecule has 76 heavy (non-hydrogen) atoms. The Balaban J connectivity index is 2.34. The van der Waals surface area contributed by atoms with Gasteiger partial charge in [0.2, 0.25) is 53.2 Å². The van der Waals surface area contributed by atoms with Crippen molar-refractivity contribution in [1.29, 1.82) is 0 Å². The molecule has 426 valence electrons. The molecule has 9 atom stereocenters. The van der Waals surface area contributed by atoms with Crippen molar-refractivity contribution in [2.75, 3.05) is 32.8 Å². The minimum absolute atomic E-state index is 0.01000. The van der Waals surface area contributed by atoms with E-state index < -0.39 is 127 Å². The summed E-state index contributed by atoms with van der Waals surface area (Å²) in [5.41, 5.74) is 28.5. The first-order chi connectivity index (χ1) is 36.1. The number of rotatable bonds is 37. The molecule has 1 heterocycles. The summed E-state index contributed by atoms with van der Waals surface area (Å²) in [4.78, 5) is 138. The smallest absolute Gasteiger partial charge is 0.326 e. The highest BCUT2D eigenvalue weighted by atomic mass is 16.4. The monoisotopic (exact) mass is 1070 g/mol. The van der Waals surface area contributed by atoms with Crippen LogP contribution >= 0.6 is 0 Å². The number of carboxylic acid groups (broad SMARTS) is 1. The average molecular weight is 1070 g/mol. The van der Waals surface area contributed by atoms with Crippen LogP contribution in [-0.4, -0.2) is 162 Å². The number of benzene rings is 1. The second-order valence-electron chi connectivity index (χ2n) is 19.2. The van der Waals surface area contributed by atoms with Gasteiger partial charge in [0, 0.05) is 19.4 Å². The van der Waals surface area contributed by atoms with Gasteiger partial charge in [-0.1, -0.05) is 44.2 Å². The Bertz CT molecular complexity index is 2090. The van der Waals surface area contributed by atoms with Crippen LogP contribution in [0.1, 0.15) is 110 Å². The van der Waals surface area contributed by atoms with Crippen molar-refractivity contribution in [2.24, 2.45) is 39.6 Å². The maximum Gasteiger partial charge on any atom is 0.326 e. The molecule has 1 aromatic carbocycles. The third-order valence-corrected chi connectivity index (χ3v) is 12.2. The van der Waals surface area contributed by atoms with Gasteiger partial charge in [0.15, 0.2) is 5.96 Å². The molecule has 2 rings (SSSR count). The Morgan fingerprint density at radius 1 is 0.605 bits per heavy atom. The number of hydrogen-bond donors (Lipinski definition) is 16. The van der Waals surface area contributed by atoms with Gasteiger partial charge in [0.1, 0.15) is 48.3 Å². The van der Waals surface area contributed by atoms with Gasteiger partial charge in [-0.3, -0.25) is 48.1 Å². The number of aliphatic hydroxyl groups is 1. The van der Waals surface area contributed by atoms with Gasteiger partial charge < -0.3 is 86.7 Å². The number of nitrogens with zero attached hydrogens (tertiary/aromatic N) is 1. The van der Waals surface area contributed by atoms with Crippen molar-refractivity contribution in [2.45, 2.75) is 165 Å². The molecule has 1 aliphatic rings. The number of guanidine groups is 1. The number of aliphatic imine (C=N–C) groups is 1. The minimum atomic E-state index is -1.53. The third kappa shape index (κ3) is 25.0. The van der Waals surface area contributed by atoms with Crippen LogP contribution in [-0.2, 0) is 54.4 Å². The lowest BCUT2D eigenvalue weighted by molar-refractivity contribution is -0.142.